The maximum atomic E-state index is 12.5. The zero-order valence-electron chi connectivity index (χ0n) is 12.2. The van der Waals surface area contributed by atoms with Gasteiger partial charge < -0.3 is 13.9 Å². The molecule has 1 aliphatic heterocycles. The van der Waals surface area contributed by atoms with E-state index in [1.807, 2.05) is 36.3 Å². The van der Waals surface area contributed by atoms with Crippen molar-refractivity contribution in [1.29, 1.82) is 0 Å². The third kappa shape index (κ3) is 2.94. The van der Waals surface area contributed by atoms with Crippen LogP contribution in [0.25, 0.3) is 6.08 Å². The van der Waals surface area contributed by atoms with Gasteiger partial charge >= 0.3 is 0 Å². The van der Waals surface area contributed by atoms with Gasteiger partial charge in [-0.25, -0.2) is 0 Å². The molecule has 0 radical (unpaired) electrons. The number of likely N-dealkylation sites (tertiary alicyclic amines) is 1. The van der Waals surface area contributed by atoms with Crippen molar-refractivity contribution in [3.63, 3.8) is 0 Å². The number of aryl methyl sites for hydroxylation is 1. The van der Waals surface area contributed by atoms with E-state index in [0.29, 0.717) is 5.76 Å². The van der Waals surface area contributed by atoms with Crippen molar-refractivity contribution in [2.75, 3.05) is 6.54 Å². The summed E-state index contributed by atoms with van der Waals surface area (Å²) in [7, 11) is 2.03. The maximum Gasteiger partial charge on any atom is 0.247 e. The Morgan fingerprint density at radius 3 is 2.95 bits per heavy atom. The van der Waals surface area contributed by atoms with Gasteiger partial charge in [-0.3, -0.25) is 4.79 Å². The lowest BCUT2D eigenvalue weighted by Gasteiger charge is -2.35. The van der Waals surface area contributed by atoms with Gasteiger partial charge in [0.2, 0.25) is 5.91 Å². The number of piperidine rings is 1. The van der Waals surface area contributed by atoms with Crippen LogP contribution in [0.1, 0.15) is 36.8 Å². The largest absolute Gasteiger partial charge is 0.465 e. The molecular weight excluding hydrogens is 264 g/mol. The van der Waals surface area contributed by atoms with E-state index in [1.165, 1.54) is 12.1 Å². The normalized spacial score (nSPS) is 19.3. The molecule has 0 unspecified atom stereocenters. The molecule has 4 heteroatoms. The standard InChI is InChI=1S/C17H20N2O2/c1-18-11-4-8-15(18)16-7-2-3-12-19(16)17(20)10-9-14-6-5-13-21-14/h4-6,8-11,13,16H,2-3,7,12H2,1H3/b10-9-/t16-/m0/s1. The zero-order chi connectivity index (χ0) is 14.7. The predicted octanol–water partition coefficient (Wildman–Crippen LogP) is 3.39. The van der Waals surface area contributed by atoms with Gasteiger partial charge in [0.15, 0.2) is 0 Å². The highest BCUT2D eigenvalue weighted by atomic mass is 16.3. The summed E-state index contributed by atoms with van der Waals surface area (Å²) in [5.41, 5.74) is 1.20. The van der Waals surface area contributed by atoms with Crippen LogP contribution in [0.4, 0.5) is 0 Å². The van der Waals surface area contributed by atoms with Gasteiger partial charge in [0.1, 0.15) is 5.76 Å². The van der Waals surface area contributed by atoms with Crippen LogP contribution >= 0.6 is 0 Å². The Hall–Kier alpha value is -2.23. The second kappa shape index (κ2) is 6.04. The lowest BCUT2D eigenvalue weighted by Crippen LogP contribution is -2.38. The first kappa shape index (κ1) is 13.7. The van der Waals surface area contributed by atoms with Crippen molar-refractivity contribution in [3.05, 3.63) is 54.3 Å². The number of amides is 1. The molecule has 0 aromatic carbocycles. The Labute approximate surface area is 124 Å². The molecule has 21 heavy (non-hydrogen) atoms. The van der Waals surface area contributed by atoms with Crippen molar-refractivity contribution in [2.24, 2.45) is 7.05 Å². The van der Waals surface area contributed by atoms with Crippen LogP contribution in [-0.4, -0.2) is 21.9 Å². The first-order valence-corrected chi connectivity index (χ1v) is 7.39. The van der Waals surface area contributed by atoms with Crippen LogP contribution in [-0.2, 0) is 11.8 Å². The van der Waals surface area contributed by atoms with E-state index in [2.05, 4.69) is 10.6 Å². The Morgan fingerprint density at radius 2 is 2.24 bits per heavy atom. The van der Waals surface area contributed by atoms with Crippen LogP contribution in [0.15, 0.2) is 47.2 Å². The second-order valence-electron chi connectivity index (χ2n) is 5.44. The molecule has 2 aromatic rings. The lowest BCUT2D eigenvalue weighted by molar-refractivity contribution is -0.129. The quantitative estimate of drug-likeness (QED) is 0.810. The van der Waals surface area contributed by atoms with E-state index in [0.717, 1.165) is 19.4 Å². The fraction of sp³-hybridized carbons (Fsp3) is 0.353. The highest BCUT2D eigenvalue weighted by molar-refractivity contribution is 5.91. The van der Waals surface area contributed by atoms with Crippen molar-refractivity contribution in [1.82, 2.24) is 9.47 Å². The predicted molar refractivity (Wildman–Crippen MR) is 81.5 cm³/mol. The summed E-state index contributed by atoms with van der Waals surface area (Å²) in [6, 6.07) is 7.97. The van der Waals surface area contributed by atoms with Gasteiger partial charge in [0.05, 0.1) is 12.3 Å². The Morgan fingerprint density at radius 1 is 1.33 bits per heavy atom. The molecule has 1 atom stereocenters. The number of aromatic nitrogens is 1. The minimum Gasteiger partial charge on any atom is -0.465 e. The van der Waals surface area contributed by atoms with Crippen molar-refractivity contribution < 1.29 is 9.21 Å². The molecule has 3 rings (SSSR count). The van der Waals surface area contributed by atoms with Crippen molar-refractivity contribution in [3.8, 4) is 0 Å². The number of nitrogens with zero attached hydrogens (tertiary/aromatic N) is 2. The highest BCUT2D eigenvalue weighted by Crippen LogP contribution is 2.31. The summed E-state index contributed by atoms with van der Waals surface area (Å²) >= 11 is 0. The highest BCUT2D eigenvalue weighted by Gasteiger charge is 2.28. The molecule has 1 fully saturated rings. The topological polar surface area (TPSA) is 38.4 Å². The average Bonchev–Trinajstić information content (AvgIpc) is 3.16. The van der Waals surface area contributed by atoms with E-state index in [1.54, 1.807) is 18.4 Å². The van der Waals surface area contributed by atoms with Gasteiger partial charge in [-0.15, -0.1) is 0 Å². The van der Waals surface area contributed by atoms with Crippen LogP contribution in [0, 0.1) is 0 Å². The summed E-state index contributed by atoms with van der Waals surface area (Å²) < 4.78 is 7.33. The van der Waals surface area contributed by atoms with E-state index in [-0.39, 0.29) is 11.9 Å². The van der Waals surface area contributed by atoms with Crippen LogP contribution in [0.5, 0.6) is 0 Å². The molecule has 0 spiro atoms. The molecule has 3 heterocycles. The maximum absolute atomic E-state index is 12.5. The fourth-order valence-electron chi connectivity index (χ4n) is 2.96. The molecule has 0 saturated carbocycles. The molecule has 1 amide bonds. The lowest BCUT2D eigenvalue weighted by atomic mass is 9.99. The van der Waals surface area contributed by atoms with E-state index < -0.39 is 0 Å². The van der Waals surface area contributed by atoms with Crippen LogP contribution < -0.4 is 0 Å². The summed E-state index contributed by atoms with van der Waals surface area (Å²) in [5.74, 6) is 0.757. The Kier molecular flexibility index (Phi) is 3.95. The van der Waals surface area contributed by atoms with Crippen LogP contribution in [0.2, 0.25) is 0 Å². The first-order chi connectivity index (χ1) is 10.3. The molecule has 0 aliphatic carbocycles. The molecule has 0 bridgehead atoms. The molecule has 1 aliphatic rings. The Balaban J connectivity index is 1.78. The summed E-state index contributed by atoms with van der Waals surface area (Å²) in [5, 5.41) is 0. The minimum absolute atomic E-state index is 0.0531. The van der Waals surface area contributed by atoms with Crippen molar-refractivity contribution >= 4 is 12.0 Å². The number of carbonyl (C=O) groups is 1. The Bertz CT molecular complexity index is 625. The smallest absolute Gasteiger partial charge is 0.247 e. The van der Waals surface area contributed by atoms with Gasteiger partial charge in [-0.2, -0.15) is 0 Å². The van der Waals surface area contributed by atoms with Gasteiger partial charge in [-0.1, -0.05) is 0 Å². The second-order valence-corrected chi connectivity index (χ2v) is 5.44. The first-order valence-electron chi connectivity index (χ1n) is 7.39. The third-order valence-corrected chi connectivity index (χ3v) is 4.04. The molecule has 110 valence electrons. The summed E-state index contributed by atoms with van der Waals surface area (Å²) in [4.78, 5) is 14.5. The van der Waals surface area contributed by atoms with Gasteiger partial charge in [-0.05, 0) is 49.6 Å². The number of rotatable bonds is 3. The molecule has 0 N–H and O–H groups in total. The number of furan rings is 1. The SMILES string of the molecule is Cn1cccc1[C@@H]1CCCCN1C(=O)/C=C\c1ccco1. The monoisotopic (exact) mass is 284 g/mol. The van der Waals surface area contributed by atoms with Crippen LogP contribution in [0.3, 0.4) is 0 Å². The number of hydrogen-bond acceptors (Lipinski definition) is 2. The fourth-order valence-corrected chi connectivity index (χ4v) is 2.96. The molecule has 4 nitrogen and oxygen atoms in total. The number of hydrogen-bond donors (Lipinski definition) is 0. The van der Waals surface area contributed by atoms with Gasteiger partial charge in [0.25, 0.3) is 0 Å². The zero-order valence-corrected chi connectivity index (χ0v) is 12.2. The third-order valence-electron chi connectivity index (χ3n) is 4.04. The van der Waals surface area contributed by atoms with E-state index in [9.17, 15) is 4.79 Å². The number of carbonyl (C=O) groups excluding carboxylic acids is 1. The molecule has 2 aromatic heterocycles. The minimum atomic E-state index is 0.0531. The summed E-state index contributed by atoms with van der Waals surface area (Å²) in [6.07, 6.45) is 10.3. The van der Waals surface area contributed by atoms with E-state index >= 15 is 0 Å². The van der Waals surface area contributed by atoms with Gasteiger partial charge in [0, 0.05) is 31.6 Å². The molecule has 1 saturated heterocycles. The van der Waals surface area contributed by atoms with E-state index in [4.69, 9.17) is 4.42 Å². The summed E-state index contributed by atoms with van der Waals surface area (Å²) in [6.45, 7) is 0.817. The molecular formula is C17H20N2O2. The van der Waals surface area contributed by atoms with Crippen molar-refractivity contribution in [2.45, 2.75) is 25.3 Å². The average molecular weight is 284 g/mol.